The van der Waals surface area contributed by atoms with Crippen LogP contribution in [0.25, 0.3) is 10.2 Å². The molecule has 31 heavy (non-hydrogen) atoms. The van der Waals surface area contributed by atoms with Crippen molar-refractivity contribution in [1.29, 1.82) is 0 Å². The van der Waals surface area contributed by atoms with Crippen LogP contribution in [0.1, 0.15) is 10.5 Å². The molecule has 0 bridgehead atoms. The summed E-state index contributed by atoms with van der Waals surface area (Å²) >= 11 is 1.44. The molecule has 12 heteroatoms. The fraction of sp³-hybridized carbons (Fsp3) is 0.368. The first kappa shape index (κ1) is 21.2. The van der Waals surface area contributed by atoms with Gasteiger partial charge in [0.15, 0.2) is 15.0 Å². The van der Waals surface area contributed by atoms with Crippen LogP contribution in [0, 0.1) is 0 Å². The maximum absolute atomic E-state index is 12.9. The highest BCUT2D eigenvalue weighted by molar-refractivity contribution is 7.90. The van der Waals surface area contributed by atoms with E-state index in [9.17, 15) is 13.2 Å². The van der Waals surface area contributed by atoms with Crippen LogP contribution in [-0.2, 0) is 9.84 Å². The van der Waals surface area contributed by atoms with Gasteiger partial charge in [-0.2, -0.15) is 9.97 Å². The Morgan fingerprint density at radius 1 is 1.03 bits per heavy atom. The zero-order valence-electron chi connectivity index (χ0n) is 17.2. The second kappa shape index (κ2) is 8.27. The van der Waals surface area contributed by atoms with Gasteiger partial charge in [0.05, 0.1) is 29.3 Å². The van der Waals surface area contributed by atoms with Gasteiger partial charge in [-0.1, -0.05) is 11.3 Å². The highest BCUT2D eigenvalue weighted by Gasteiger charge is 2.26. The molecule has 1 aliphatic rings. The summed E-state index contributed by atoms with van der Waals surface area (Å²) in [5, 5.41) is 0.804. The highest BCUT2D eigenvalue weighted by Crippen LogP contribution is 2.31. The lowest BCUT2D eigenvalue weighted by molar-refractivity contribution is 0.0739. The largest absolute Gasteiger partial charge is 0.481 e. The number of carbonyl (C=O) groups excluding carboxylic acids is 1. The van der Waals surface area contributed by atoms with Crippen molar-refractivity contribution in [1.82, 2.24) is 19.9 Å². The summed E-state index contributed by atoms with van der Waals surface area (Å²) in [7, 11) is -0.377. The molecule has 1 saturated heterocycles. The molecule has 0 aliphatic carbocycles. The van der Waals surface area contributed by atoms with Gasteiger partial charge in [0, 0.05) is 38.5 Å². The summed E-state index contributed by atoms with van der Waals surface area (Å²) in [5.74, 6) is 0.0394. The number of rotatable bonds is 5. The highest BCUT2D eigenvalue weighted by atomic mass is 32.2. The zero-order valence-corrected chi connectivity index (χ0v) is 18.9. The summed E-state index contributed by atoms with van der Waals surface area (Å²) in [6, 6.07) is 6.51. The molecular formula is C19H21N5O5S2. The molecule has 2 aromatic heterocycles. The first-order chi connectivity index (χ1) is 14.8. The van der Waals surface area contributed by atoms with Gasteiger partial charge in [-0.3, -0.25) is 4.79 Å². The van der Waals surface area contributed by atoms with Gasteiger partial charge in [0.2, 0.25) is 5.88 Å². The average Bonchev–Trinajstić information content (AvgIpc) is 3.21. The van der Waals surface area contributed by atoms with E-state index in [1.807, 2.05) is 0 Å². The number of hydrogen-bond acceptors (Lipinski definition) is 10. The average molecular weight is 464 g/mol. The third kappa shape index (κ3) is 4.39. The number of amides is 1. The van der Waals surface area contributed by atoms with Crippen molar-refractivity contribution in [2.45, 2.75) is 4.90 Å². The molecular weight excluding hydrogens is 442 g/mol. The molecule has 164 valence electrons. The predicted octanol–water partition coefficient (Wildman–Crippen LogP) is 1.47. The monoisotopic (exact) mass is 463 g/mol. The first-order valence-corrected chi connectivity index (χ1v) is 12.1. The summed E-state index contributed by atoms with van der Waals surface area (Å²) in [5.41, 5.74) is 0.969. The Morgan fingerprint density at radius 3 is 2.42 bits per heavy atom. The molecule has 0 spiro atoms. The van der Waals surface area contributed by atoms with Crippen LogP contribution in [0.3, 0.4) is 0 Å². The SMILES string of the molecule is COc1cc(C(=O)N2CCN(c3nc4ccc(S(C)(=O)=O)cc4s3)CC2)nc(OC)n1. The van der Waals surface area contributed by atoms with E-state index in [1.165, 1.54) is 37.9 Å². The fourth-order valence-corrected chi connectivity index (χ4v) is 5.01. The van der Waals surface area contributed by atoms with Crippen LogP contribution >= 0.6 is 11.3 Å². The Kier molecular flexibility index (Phi) is 5.67. The van der Waals surface area contributed by atoms with Gasteiger partial charge < -0.3 is 19.3 Å². The van der Waals surface area contributed by atoms with Crippen molar-refractivity contribution in [2.24, 2.45) is 0 Å². The number of methoxy groups -OCH3 is 2. The number of anilines is 1. The van der Waals surface area contributed by atoms with Crippen molar-refractivity contribution in [3.05, 3.63) is 30.0 Å². The lowest BCUT2D eigenvalue weighted by Gasteiger charge is -2.34. The Bertz CT molecular complexity index is 1210. The van der Waals surface area contributed by atoms with E-state index in [0.717, 1.165) is 15.3 Å². The molecule has 0 N–H and O–H groups in total. The van der Waals surface area contributed by atoms with Crippen LogP contribution in [0.4, 0.5) is 5.13 Å². The van der Waals surface area contributed by atoms with Gasteiger partial charge in [0.1, 0.15) is 5.69 Å². The number of ether oxygens (including phenoxy) is 2. The van der Waals surface area contributed by atoms with Gasteiger partial charge in [-0.25, -0.2) is 13.4 Å². The van der Waals surface area contributed by atoms with Gasteiger partial charge in [-0.05, 0) is 18.2 Å². The molecule has 1 aromatic carbocycles. The van der Waals surface area contributed by atoms with Gasteiger partial charge in [0.25, 0.3) is 5.91 Å². The van der Waals surface area contributed by atoms with Gasteiger partial charge >= 0.3 is 6.01 Å². The molecule has 1 aliphatic heterocycles. The van der Waals surface area contributed by atoms with Crippen molar-refractivity contribution < 1.29 is 22.7 Å². The smallest absolute Gasteiger partial charge is 0.320 e. The minimum atomic E-state index is -3.27. The van der Waals surface area contributed by atoms with Crippen LogP contribution < -0.4 is 14.4 Å². The van der Waals surface area contributed by atoms with E-state index >= 15 is 0 Å². The number of sulfone groups is 1. The standard InChI is InChI=1S/C19H21N5O5S2/c1-28-16-11-14(20-18(22-16)29-2)17(25)23-6-8-24(9-7-23)19-21-13-5-4-12(31(3,26)27)10-15(13)30-19/h4-5,10-11H,6-9H2,1-3H3. The third-order valence-electron chi connectivity index (χ3n) is 4.91. The number of hydrogen-bond donors (Lipinski definition) is 0. The minimum absolute atomic E-state index is 0.0734. The number of benzene rings is 1. The second-order valence-corrected chi connectivity index (χ2v) is 9.98. The normalized spacial score (nSPS) is 14.7. The quantitative estimate of drug-likeness (QED) is 0.555. The lowest BCUT2D eigenvalue weighted by atomic mass is 10.2. The topological polar surface area (TPSA) is 115 Å². The van der Waals surface area contributed by atoms with E-state index < -0.39 is 9.84 Å². The van der Waals surface area contributed by atoms with E-state index in [0.29, 0.717) is 26.2 Å². The van der Waals surface area contributed by atoms with Crippen LogP contribution in [0.5, 0.6) is 11.9 Å². The van der Waals surface area contributed by atoms with Crippen molar-refractivity contribution >= 4 is 42.4 Å². The molecule has 1 amide bonds. The van der Waals surface area contributed by atoms with Crippen LogP contribution in [0.2, 0.25) is 0 Å². The maximum Gasteiger partial charge on any atom is 0.320 e. The number of nitrogens with zero attached hydrogens (tertiary/aromatic N) is 5. The number of fused-ring (bicyclic) bond motifs is 1. The maximum atomic E-state index is 12.9. The van der Waals surface area contributed by atoms with E-state index in [4.69, 9.17) is 9.47 Å². The molecule has 0 radical (unpaired) electrons. The van der Waals surface area contributed by atoms with Crippen molar-refractivity contribution in [3.63, 3.8) is 0 Å². The lowest BCUT2D eigenvalue weighted by Crippen LogP contribution is -2.49. The number of thiazole rings is 1. The van der Waals surface area contributed by atoms with E-state index in [2.05, 4.69) is 19.9 Å². The molecule has 0 saturated carbocycles. The van der Waals surface area contributed by atoms with Crippen LogP contribution in [-0.4, -0.2) is 80.8 Å². The third-order valence-corrected chi connectivity index (χ3v) is 7.10. The van der Waals surface area contributed by atoms with Crippen molar-refractivity contribution in [2.75, 3.05) is 51.6 Å². The summed E-state index contributed by atoms with van der Waals surface area (Å²) in [6.07, 6.45) is 1.19. The summed E-state index contributed by atoms with van der Waals surface area (Å²) in [6.45, 7) is 2.20. The minimum Gasteiger partial charge on any atom is -0.481 e. The molecule has 4 rings (SSSR count). The summed E-state index contributed by atoms with van der Waals surface area (Å²) < 4.78 is 34.6. The number of piperazine rings is 1. The fourth-order valence-electron chi connectivity index (χ4n) is 3.23. The Balaban J connectivity index is 1.48. The predicted molar refractivity (Wildman–Crippen MR) is 116 cm³/mol. The molecule has 0 atom stereocenters. The Labute approximate surface area is 183 Å². The van der Waals surface area contributed by atoms with Crippen LogP contribution in [0.15, 0.2) is 29.2 Å². The molecule has 0 unspecified atom stereocenters. The zero-order chi connectivity index (χ0) is 22.2. The summed E-state index contributed by atoms with van der Waals surface area (Å²) in [4.78, 5) is 29.7. The molecule has 10 nitrogen and oxygen atoms in total. The molecule has 3 aromatic rings. The van der Waals surface area contributed by atoms with Gasteiger partial charge in [-0.15, -0.1) is 0 Å². The second-order valence-electron chi connectivity index (χ2n) is 6.96. The number of carbonyl (C=O) groups is 1. The van der Waals surface area contributed by atoms with E-state index in [-0.39, 0.29) is 28.4 Å². The Hall–Kier alpha value is -2.99. The first-order valence-electron chi connectivity index (χ1n) is 9.40. The molecule has 1 fully saturated rings. The molecule has 3 heterocycles. The Morgan fingerprint density at radius 2 is 1.77 bits per heavy atom. The number of aromatic nitrogens is 3. The van der Waals surface area contributed by atoms with Crippen molar-refractivity contribution in [3.8, 4) is 11.9 Å². The van der Waals surface area contributed by atoms with E-state index in [1.54, 1.807) is 23.1 Å².